The number of unbranched alkanes of at least 4 members (excludes halogenated alkanes) is 1. The van der Waals surface area contributed by atoms with Gasteiger partial charge in [0.25, 0.3) is 0 Å². The highest BCUT2D eigenvalue weighted by Gasteiger charge is 2.38. The molecule has 0 saturated carbocycles. The van der Waals surface area contributed by atoms with Gasteiger partial charge in [-0.1, -0.05) is 48.9 Å². The molecular formula is C16H19NO2. The van der Waals surface area contributed by atoms with Crippen LogP contribution in [0.3, 0.4) is 0 Å². The van der Waals surface area contributed by atoms with E-state index in [-0.39, 0.29) is 18.2 Å². The Morgan fingerprint density at radius 3 is 2.84 bits per heavy atom. The number of cyclic esters (lactones) is 1. The summed E-state index contributed by atoms with van der Waals surface area (Å²) in [7, 11) is 0. The van der Waals surface area contributed by atoms with Crippen molar-refractivity contribution < 1.29 is 9.53 Å². The summed E-state index contributed by atoms with van der Waals surface area (Å²) in [6.45, 7) is 0.524. The second-order valence-corrected chi connectivity index (χ2v) is 5.24. The highest BCUT2D eigenvalue weighted by atomic mass is 16.6. The molecule has 1 aromatic rings. The number of aryl methyl sites for hydroxylation is 1. The Bertz CT molecular complexity index is 469. The molecule has 3 nitrogen and oxygen atoms in total. The quantitative estimate of drug-likeness (QED) is 0.599. The zero-order chi connectivity index (χ0) is 13.1. The molecule has 1 aromatic carbocycles. The lowest BCUT2D eigenvalue weighted by Crippen LogP contribution is -2.35. The van der Waals surface area contributed by atoms with Gasteiger partial charge >= 0.3 is 6.09 Å². The maximum Gasteiger partial charge on any atom is 0.410 e. The van der Waals surface area contributed by atoms with Crippen molar-refractivity contribution >= 4 is 6.09 Å². The third-order valence-electron chi connectivity index (χ3n) is 3.92. The predicted molar refractivity (Wildman–Crippen MR) is 73.9 cm³/mol. The number of hydrogen-bond donors (Lipinski definition) is 0. The van der Waals surface area contributed by atoms with Crippen LogP contribution < -0.4 is 0 Å². The molecule has 0 spiro atoms. The van der Waals surface area contributed by atoms with Gasteiger partial charge in [0.05, 0.1) is 12.1 Å². The molecule has 2 atom stereocenters. The molecule has 0 N–H and O–H groups in total. The summed E-state index contributed by atoms with van der Waals surface area (Å²) in [5.41, 5.74) is 1.39. The Kier molecular flexibility index (Phi) is 3.53. The monoisotopic (exact) mass is 257 g/mol. The lowest BCUT2D eigenvalue weighted by molar-refractivity contribution is 0.152. The number of carbonyl (C=O) groups excluding carboxylic acids is 1. The first kappa shape index (κ1) is 12.3. The van der Waals surface area contributed by atoms with Crippen molar-refractivity contribution in [2.45, 2.75) is 37.8 Å². The van der Waals surface area contributed by atoms with Gasteiger partial charge in [-0.25, -0.2) is 4.79 Å². The van der Waals surface area contributed by atoms with Crippen molar-refractivity contribution in [1.82, 2.24) is 4.90 Å². The fraction of sp³-hybridized carbons (Fsp3) is 0.438. The van der Waals surface area contributed by atoms with Gasteiger partial charge in [0, 0.05) is 0 Å². The second-order valence-electron chi connectivity index (χ2n) is 5.24. The van der Waals surface area contributed by atoms with Crippen LogP contribution in [-0.2, 0) is 11.2 Å². The fourth-order valence-electron chi connectivity index (χ4n) is 2.89. The van der Waals surface area contributed by atoms with E-state index >= 15 is 0 Å². The minimum atomic E-state index is -0.150. The summed E-state index contributed by atoms with van der Waals surface area (Å²) in [6, 6.07) is 11.0. The molecule has 3 rings (SSSR count). The van der Waals surface area contributed by atoms with Crippen LogP contribution in [0.15, 0.2) is 42.5 Å². The van der Waals surface area contributed by atoms with E-state index in [0.717, 1.165) is 19.3 Å². The number of ether oxygens (including phenoxy) is 1. The molecule has 2 aliphatic heterocycles. The first-order valence-corrected chi connectivity index (χ1v) is 7.02. The number of nitrogens with zero attached hydrogens (tertiary/aromatic N) is 1. The van der Waals surface area contributed by atoms with E-state index in [4.69, 9.17) is 4.74 Å². The Hall–Kier alpha value is -1.77. The average molecular weight is 257 g/mol. The maximum absolute atomic E-state index is 11.6. The van der Waals surface area contributed by atoms with Crippen LogP contribution in [0, 0.1) is 0 Å². The molecule has 2 heterocycles. The predicted octanol–water partition coefficient (Wildman–Crippen LogP) is 3.16. The minimum absolute atomic E-state index is 0.150. The third kappa shape index (κ3) is 2.65. The highest BCUT2D eigenvalue weighted by Crippen LogP contribution is 2.26. The summed E-state index contributed by atoms with van der Waals surface area (Å²) >= 11 is 0. The topological polar surface area (TPSA) is 29.5 Å². The number of hydrogen-bond acceptors (Lipinski definition) is 2. The largest absolute Gasteiger partial charge is 0.447 e. The molecule has 0 aliphatic carbocycles. The second kappa shape index (κ2) is 5.47. The number of rotatable bonds is 5. The highest BCUT2D eigenvalue weighted by molar-refractivity contribution is 5.72. The smallest absolute Gasteiger partial charge is 0.410 e. The summed E-state index contributed by atoms with van der Waals surface area (Å²) < 4.78 is 5.06. The molecule has 1 amide bonds. The summed E-state index contributed by atoms with van der Waals surface area (Å²) in [6.07, 6.45) is 8.58. The Morgan fingerprint density at radius 1 is 1.16 bits per heavy atom. The van der Waals surface area contributed by atoms with Gasteiger partial charge in [-0.2, -0.15) is 0 Å². The number of benzene rings is 1. The molecule has 19 heavy (non-hydrogen) atoms. The van der Waals surface area contributed by atoms with Crippen molar-refractivity contribution in [1.29, 1.82) is 0 Å². The minimum Gasteiger partial charge on any atom is -0.447 e. The van der Waals surface area contributed by atoms with Crippen molar-refractivity contribution in [2.75, 3.05) is 6.61 Å². The SMILES string of the molecule is O=C1OC[C@H]2C=C[C@H](CCCCc3ccccc3)N12. The molecule has 2 aliphatic rings. The molecule has 1 saturated heterocycles. The number of fused-ring (bicyclic) bond motifs is 1. The van der Waals surface area contributed by atoms with Crippen LogP contribution in [0.5, 0.6) is 0 Å². The van der Waals surface area contributed by atoms with Gasteiger partial charge in [-0.15, -0.1) is 0 Å². The lowest BCUT2D eigenvalue weighted by atomic mass is 10.0. The van der Waals surface area contributed by atoms with E-state index < -0.39 is 0 Å². The van der Waals surface area contributed by atoms with E-state index in [1.165, 1.54) is 12.0 Å². The molecule has 1 fully saturated rings. The van der Waals surface area contributed by atoms with E-state index in [1.807, 2.05) is 11.0 Å². The zero-order valence-electron chi connectivity index (χ0n) is 11.0. The van der Waals surface area contributed by atoms with Crippen molar-refractivity contribution in [2.24, 2.45) is 0 Å². The molecule has 0 unspecified atom stereocenters. The van der Waals surface area contributed by atoms with E-state index in [9.17, 15) is 4.79 Å². The first-order chi connectivity index (χ1) is 9.34. The van der Waals surface area contributed by atoms with Gasteiger partial charge in [0.15, 0.2) is 0 Å². The molecular weight excluding hydrogens is 238 g/mol. The zero-order valence-corrected chi connectivity index (χ0v) is 11.0. The van der Waals surface area contributed by atoms with Crippen molar-refractivity contribution in [3.63, 3.8) is 0 Å². The van der Waals surface area contributed by atoms with E-state index in [2.05, 4.69) is 36.4 Å². The summed E-state index contributed by atoms with van der Waals surface area (Å²) in [4.78, 5) is 13.5. The van der Waals surface area contributed by atoms with Crippen LogP contribution in [0.2, 0.25) is 0 Å². The van der Waals surface area contributed by atoms with Crippen LogP contribution in [0.1, 0.15) is 24.8 Å². The van der Waals surface area contributed by atoms with Gasteiger partial charge in [-0.05, 0) is 24.8 Å². The average Bonchev–Trinajstić information content (AvgIpc) is 3.00. The van der Waals surface area contributed by atoms with Crippen LogP contribution in [0.25, 0.3) is 0 Å². The molecule has 100 valence electrons. The Labute approximate surface area is 113 Å². The number of amides is 1. The van der Waals surface area contributed by atoms with Gasteiger partial charge in [0.2, 0.25) is 0 Å². The van der Waals surface area contributed by atoms with Gasteiger partial charge in [-0.3, -0.25) is 4.90 Å². The van der Waals surface area contributed by atoms with Gasteiger partial charge in [0.1, 0.15) is 6.61 Å². The lowest BCUT2D eigenvalue weighted by Gasteiger charge is -2.21. The maximum atomic E-state index is 11.6. The van der Waals surface area contributed by atoms with E-state index in [0.29, 0.717) is 6.61 Å². The number of carbonyl (C=O) groups is 1. The first-order valence-electron chi connectivity index (χ1n) is 7.02. The van der Waals surface area contributed by atoms with Crippen molar-refractivity contribution in [3.8, 4) is 0 Å². The van der Waals surface area contributed by atoms with Gasteiger partial charge < -0.3 is 4.74 Å². The fourth-order valence-corrected chi connectivity index (χ4v) is 2.89. The standard InChI is InChI=1S/C16H19NO2/c18-16-17-14(10-11-15(17)12-19-16)9-5-4-8-13-6-2-1-3-7-13/h1-3,6-7,10-11,14-15H,4-5,8-9,12H2/t14-,15+/m0/s1. The van der Waals surface area contributed by atoms with E-state index in [1.54, 1.807) is 0 Å². The summed E-state index contributed by atoms with van der Waals surface area (Å²) in [5.74, 6) is 0. The van der Waals surface area contributed by atoms with Crippen LogP contribution in [-0.4, -0.2) is 29.7 Å². The Morgan fingerprint density at radius 2 is 2.00 bits per heavy atom. The summed E-state index contributed by atoms with van der Waals surface area (Å²) in [5, 5.41) is 0. The molecule has 0 radical (unpaired) electrons. The Balaban J connectivity index is 1.43. The normalized spacial score (nSPS) is 24.6. The van der Waals surface area contributed by atoms with Crippen molar-refractivity contribution in [3.05, 3.63) is 48.0 Å². The molecule has 3 heteroatoms. The molecule has 0 bridgehead atoms. The molecule has 0 aromatic heterocycles. The third-order valence-corrected chi connectivity index (χ3v) is 3.92. The van der Waals surface area contributed by atoms with Crippen LogP contribution >= 0.6 is 0 Å². The van der Waals surface area contributed by atoms with Crippen LogP contribution in [0.4, 0.5) is 4.79 Å².